The molecule has 1 aromatic rings. The Kier molecular flexibility index (Phi) is 4.22. The Morgan fingerprint density at radius 3 is 2.70 bits per heavy atom. The number of ether oxygens (including phenoxy) is 2. The van der Waals surface area contributed by atoms with Crippen LogP contribution >= 0.6 is 0 Å². The Labute approximate surface area is 119 Å². The number of benzene rings is 1. The molecule has 20 heavy (non-hydrogen) atoms. The van der Waals surface area contributed by atoms with Gasteiger partial charge < -0.3 is 15.2 Å². The average molecular weight is 300 g/mol. The maximum Gasteiger partial charge on any atom is 0.245 e. The number of morpholine rings is 1. The Balaban J connectivity index is 2.39. The van der Waals surface area contributed by atoms with Crippen LogP contribution in [0.25, 0.3) is 0 Å². The molecule has 7 heteroatoms. The molecule has 0 bridgehead atoms. The summed E-state index contributed by atoms with van der Waals surface area (Å²) in [4.78, 5) is 0.110. The Bertz CT molecular complexity index is 588. The van der Waals surface area contributed by atoms with E-state index in [0.29, 0.717) is 18.9 Å². The van der Waals surface area contributed by atoms with Crippen molar-refractivity contribution >= 4 is 15.7 Å². The van der Waals surface area contributed by atoms with E-state index in [1.165, 1.54) is 23.5 Å². The number of hydrogen-bond acceptors (Lipinski definition) is 5. The maximum atomic E-state index is 12.7. The van der Waals surface area contributed by atoms with Crippen LogP contribution in [0.3, 0.4) is 0 Å². The number of nitrogens with zero attached hydrogens (tertiary/aromatic N) is 1. The van der Waals surface area contributed by atoms with E-state index in [1.54, 1.807) is 6.07 Å². The number of hydrogen-bond donors (Lipinski definition) is 1. The van der Waals surface area contributed by atoms with Crippen molar-refractivity contribution in [2.45, 2.75) is 30.9 Å². The van der Waals surface area contributed by atoms with Crippen LogP contribution in [0.4, 0.5) is 5.69 Å². The molecule has 1 aromatic carbocycles. The number of sulfonamides is 1. The van der Waals surface area contributed by atoms with Gasteiger partial charge in [0.2, 0.25) is 10.0 Å². The number of nitrogen functional groups attached to an aromatic ring is 1. The van der Waals surface area contributed by atoms with Crippen molar-refractivity contribution in [1.82, 2.24) is 4.31 Å². The lowest BCUT2D eigenvalue weighted by Crippen LogP contribution is -2.50. The van der Waals surface area contributed by atoms with Gasteiger partial charge in [0.05, 0.1) is 25.5 Å². The molecule has 6 nitrogen and oxygen atoms in total. The van der Waals surface area contributed by atoms with Crippen LogP contribution in [0.1, 0.15) is 13.8 Å². The van der Waals surface area contributed by atoms with E-state index in [-0.39, 0.29) is 22.7 Å². The summed E-state index contributed by atoms with van der Waals surface area (Å²) in [6, 6.07) is 4.38. The lowest BCUT2D eigenvalue weighted by molar-refractivity contribution is -0.0170. The molecule has 0 saturated carbocycles. The predicted molar refractivity (Wildman–Crippen MR) is 76.2 cm³/mol. The third-order valence-electron chi connectivity index (χ3n) is 3.35. The van der Waals surface area contributed by atoms with Gasteiger partial charge in [-0.15, -0.1) is 0 Å². The van der Waals surface area contributed by atoms with Gasteiger partial charge in [-0.3, -0.25) is 0 Å². The molecule has 1 aliphatic rings. The number of rotatable bonds is 3. The lowest BCUT2D eigenvalue weighted by atomic mass is 10.2. The van der Waals surface area contributed by atoms with Gasteiger partial charge in [-0.25, -0.2) is 8.42 Å². The first-order valence-corrected chi connectivity index (χ1v) is 7.87. The van der Waals surface area contributed by atoms with Crippen LogP contribution < -0.4 is 10.5 Å². The molecule has 2 unspecified atom stereocenters. The summed E-state index contributed by atoms with van der Waals surface area (Å²) in [7, 11) is -2.12. The molecule has 0 radical (unpaired) electrons. The van der Waals surface area contributed by atoms with E-state index in [2.05, 4.69) is 0 Å². The molecule has 1 saturated heterocycles. The Morgan fingerprint density at radius 2 is 2.10 bits per heavy atom. The minimum atomic E-state index is -3.63. The van der Waals surface area contributed by atoms with E-state index in [9.17, 15) is 8.42 Å². The summed E-state index contributed by atoms with van der Waals surface area (Å²) < 4.78 is 37.4. The van der Waals surface area contributed by atoms with Gasteiger partial charge in [0.25, 0.3) is 0 Å². The zero-order chi connectivity index (χ0) is 14.9. The Morgan fingerprint density at radius 1 is 1.40 bits per heavy atom. The van der Waals surface area contributed by atoms with E-state index >= 15 is 0 Å². The first kappa shape index (κ1) is 15.1. The van der Waals surface area contributed by atoms with Crippen LogP contribution in [0.5, 0.6) is 5.75 Å². The Hall–Kier alpha value is -1.31. The quantitative estimate of drug-likeness (QED) is 0.845. The smallest absolute Gasteiger partial charge is 0.245 e. The molecule has 112 valence electrons. The second-order valence-corrected chi connectivity index (χ2v) is 6.83. The summed E-state index contributed by atoms with van der Waals surface area (Å²) in [6.07, 6.45) is -0.125. The maximum absolute atomic E-state index is 12.7. The molecular formula is C13H20N2O4S. The van der Waals surface area contributed by atoms with Crippen LogP contribution in [0.15, 0.2) is 23.1 Å². The molecule has 0 spiro atoms. The van der Waals surface area contributed by atoms with Crippen molar-refractivity contribution in [3.8, 4) is 5.75 Å². The first-order valence-electron chi connectivity index (χ1n) is 6.43. The van der Waals surface area contributed by atoms with Gasteiger partial charge in [-0.05, 0) is 26.0 Å². The molecule has 0 amide bonds. The standard InChI is InChI=1S/C13H20N2O4S/c1-9-8-19-10(2)7-15(9)20(16,17)13-5-4-11(18-3)6-12(13)14/h4-6,9-10H,7-8,14H2,1-3H3. The van der Waals surface area contributed by atoms with Crippen molar-refractivity contribution in [3.05, 3.63) is 18.2 Å². The highest BCUT2D eigenvalue weighted by Crippen LogP contribution is 2.29. The average Bonchev–Trinajstić information content (AvgIpc) is 2.40. The minimum absolute atomic E-state index is 0.110. The molecule has 1 fully saturated rings. The zero-order valence-electron chi connectivity index (χ0n) is 11.9. The summed E-state index contributed by atoms with van der Waals surface area (Å²) in [5.41, 5.74) is 6.04. The van der Waals surface area contributed by atoms with Gasteiger partial charge in [0.15, 0.2) is 0 Å². The highest BCUT2D eigenvalue weighted by molar-refractivity contribution is 7.89. The number of methoxy groups -OCH3 is 1. The molecule has 0 aromatic heterocycles. The fourth-order valence-electron chi connectivity index (χ4n) is 2.22. The second-order valence-electron chi connectivity index (χ2n) is 4.97. The van der Waals surface area contributed by atoms with Gasteiger partial charge in [-0.1, -0.05) is 0 Å². The zero-order valence-corrected chi connectivity index (χ0v) is 12.7. The first-order chi connectivity index (χ1) is 9.36. The van der Waals surface area contributed by atoms with Crippen molar-refractivity contribution in [2.24, 2.45) is 0 Å². The van der Waals surface area contributed by atoms with Gasteiger partial charge in [0.1, 0.15) is 10.6 Å². The summed E-state index contributed by atoms with van der Waals surface area (Å²) >= 11 is 0. The third-order valence-corrected chi connectivity index (χ3v) is 5.41. The molecule has 1 aliphatic heterocycles. The van der Waals surface area contributed by atoms with Crippen molar-refractivity contribution in [2.75, 3.05) is 26.0 Å². The summed E-state index contributed by atoms with van der Waals surface area (Å²) in [5, 5.41) is 0. The largest absolute Gasteiger partial charge is 0.497 e. The summed E-state index contributed by atoms with van der Waals surface area (Å²) in [6.45, 7) is 4.39. The van der Waals surface area contributed by atoms with E-state index < -0.39 is 10.0 Å². The molecule has 2 N–H and O–H groups in total. The van der Waals surface area contributed by atoms with E-state index in [4.69, 9.17) is 15.2 Å². The topological polar surface area (TPSA) is 81.9 Å². The van der Waals surface area contributed by atoms with E-state index in [1.807, 2.05) is 13.8 Å². The van der Waals surface area contributed by atoms with Crippen LogP contribution in [0.2, 0.25) is 0 Å². The molecular weight excluding hydrogens is 280 g/mol. The van der Waals surface area contributed by atoms with Crippen LogP contribution in [-0.2, 0) is 14.8 Å². The van der Waals surface area contributed by atoms with Crippen molar-refractivity contribution < 1.29 is 17.9 Å². The fourth-order valence-corrected chi connectivity index (χ4v) is 4.01. The summed E-state index contributed by atoms with van der Waals surface area (Å²) in [5.74, 6) is 0.532. The van der Waals surface area contributed by atoms with Crippen molar-refractivity contribution in [3.63, 3.8) is 0 Å². The lowest BCUT2D eigenvalue weighted by Gasteiger charge is -2.35. The highest BCUT2D eigenvalue weighted by atomic mass is 32.2. The normalized spacial score (nSPS) is 24.6. The molecule has 1 heterocycles. The minimum Gasteiger partial charge on any atom is -0.497 e. The molecule has 2 atom stereocenters. The van der Waals surface area contributed by atoms with Gasteiger partial charge >= 0.3 is 0 Å². The SMILES string of the molecule is COc1ccc(S(=O)(=O)N2CC(C)OCC2C)c(N)c1. The predicted octanol–water partition coefficient (Wildman–Crippen LogP) is 1.08. The van der Waals surface area contributed by atoms with Gasteiger partial charge in [-0.2, -0.15) is 4.31 Å². The highest BCUT2D eigenvalue weighted by Gasteiger charge is 2.35. The molecule has 2 rings (SSSR count). The number of anilines is 1. The van der Waals surface area contributed by atoms with Crippen molar-refractivity contribution in [1.29, 1.82) is 0 Å². The van der Waals surface area contributed by atoms with Gasteiger partial charge in [0, 0.05) is 18.7 Å². The third kappa shape index (κ3) is 2.74. The fraction of sp³-hybridized carbons (Fsp3) is 0.538. The van der Waals surface area contributed by atoms with Crippen LogP contribution in [0, 0.1) is 0 Å². The number of nitrogens with two attached hydrogens (primary N) is 1. The molecule has 0 aliphatic carbocycles. The second kappa shape index (κ2) is 5.59. The van der Waals surface area contributed by atoms with E-state index in [0.717, 1.165) is 0 Å². The monoisotopic (exact) mass is 300 g/mol. The van der Waals surface area contributed by atoms with Crippen LogP contribution in [-0.4, -0.2) is 45.1 Å².